The van der Waals surface area contributed by atoms with E-state index in [0.717, 1.165) is 6.42 Å². The number of nitrogens with zero attached hydrogens (tertiary/aromatic N) is 2. The van der Waals surface area contributed by atoms with Crippen LogP contribution in [0.25, 0.3) is 11.5 Å². The second-order valence-corrected chi connectivity index (χ2v) is 3.81. The average molecular weight is 251 g/mol. The van der Waals surface area contributed by atoms with Crippen molar-refractivity contribution in [1.29, 1.82) is 0 Å². The molecule has 18 heavy (non-hydrogen) atoms. The second kappa shape index (κ2) is 5.59. The van der Waals surface area contributed by atoms with Gasteiger partial charge in [-0.3, -0.25) is 0 Å². The molecule has 5 nitrogen and oxygen atoms in total. The number of nitrogens with two attached hydrogens (primary N) is 1. The van der Waals surface area contributed by atoms with Gasteiger partial charge < -0.3 is 15.0 Å². The number of hydrogen-bond donors (Lipinski definition) is 1. The Labute approximate surface area is 104 Å². The Morgan fingerprint density at radius 1 is 1.44 bits per heavy atom. The molecule has 1 aromatic heterocycles. The molecule has 1 aromatic carbocycles. The predicted molar refractivity (Wildman–Crippen MR) is 64.3 cm³/mol. The summed E-state index contributed by atoms with van der Waals surface area (Å²) in [6, 6.07) is 4.48. The molecule has 0 atom stereocenters. The van der Waals surface area contributed by atoms with Crippen molar-refractivity contribution in [3.63, 3.8) is 0 Å². The molecule has 0 aliphatic rings. The highest BCUT2D eigenvalue weighted by atomic mass is 19.1. The van der Waals surface area contributed by atoms with Gasteiger partial charge in [-0.15, -0.1) is 0 Å². The number of rotatable bonds is 5. The molecule has 0 aliphatic heterocycles. The molecular weight excluding hydrogens is 237 g/mol. The molecule has 0 fully saturated rings. The van der Waals surface area contributed by atoms with E-state index < -0.39 is 5.82 Å². The van der Waals surface area contributed by atoms with Crippen LogP contribution in [0.15, 0.2) is 22.7 Å². The molecule has 96 valence electrons. The van der Waals surface area contributed by atoms with Gasteiger partial charge in [-0.2, -0.15) is 4.98 Å². The number of para-hydroxylation sites is 1. The Morgan fingerprint density at radius 3 is 3.06 bits per heavy atom. The Bertz CT molecular complexity index is 528. The number of halogens is 1. The Balaban J connectivity index is 2.16. The van der Waals surface area contributed by atoms with Crippen LogP contribution in [0.1, 0.15) is 12.2 Å². The molecule has 2 rings (SSSR count). The minimum absolute atomic E-state index is 0.0181. The molecular formula is C12H14FN3O2. The largest absolute Gasteiger partial charge is 0.396 e. The molecule has 2 aromatic rings. The van der Waals surface area contributed by atoms with Crippen LogP contribution in [0.3, 0.4) is 0 Å². The summed E-state index contributed by atoms with van der Waals surface area (Å²) in [5.41, 5.74) is 6.06. The predicted octanol–water partition coefficient (Wildman–Crippen LogP) is 2.04. The standard InChI is InChI=1S/C12H14FN3O2/c1-17-7-3-6-10-15-12(18-16-10)8-4-2-5-9(13)11(8)14/h2,4-5H,3,6-7,14H2,1H3. The van der Waals surface area contributed by atoms with E-state index in [1.54, 1.807) is 19.2 Å². The lowest BCUT2D eigenvalue weighted by molar-refractivity contribution is 0.194. The number of anilines is 1. The van der Waals surface area contributed by atoms with Gasteiger partial charge in [-0.25, -0.2) is 4.39 Å². The third kappa shape index (κ3) is 2.65. The summed E-state index contributed by atoms with van der Waals surface area (Å²) in [6.45, 7) is 0.631. The number of hydrogen-bond acceptors (Lipinski definition) is 5. The lowest BCUT2D eigenvalue weighted by Gasteiger charge is -2.00. The van der Waals surface area contributed by atoms with Crippen molar-refractivity contribution >= 4 is 5.69 Å². The summed E-state index contributed by atoms with van der Waals surface area (Å²) in [5.74, 6) is 0.303. The van der Waals surface area contributed by atoms with Crippen molar-refractivity contribution in [2.75, 3.05) is 19.5 Å². The molecule has 0 saturated heterocycles. The first-order valence-corrected chi connectivity index (χ1v) is 5.58. The summed E-state index contributed by atoms with van der Waals surface area (Å²) in [5, 5.41) is 3.82. The zero-order chi connectivity index (χ0) is 13.0. The van der Waals surface area contributed by atoms with Crippen molar-refractivity contribution in [3.8, 4) is 11.5 Å². The maximum Gasteiger partial charge on any atom is 0.260 e. The van der Waals surface area contributed by atoms with Crippen molar-refractivity contribution in [1.82, 2.24) is 10.1 Å². The molecule has 0 aliphatic carbocycles. The monoisotopic (exact) mass is 251 g/mol. The van der Waals surface area contributed by atoms with E-state index >= 15 is 0 Å². The Kier molecular flexibility index (Phi) is 3.88. The molecule has 0 unspecified atom stereocenters. The van der Waals surface area contributed by atoms with Crippen LogP contribution in [-0.4, -0.2) is 23.9 Å². The van der Waals surface area contributed by atoms with E-state index in [2.05, 4.69) is 10.1 Å². The van der Waals surface area contributed by atoms with Crippen LogP contribution in [0, 0.1) is 5.82 Å². The van der Waals surface area contributed by atoms with Crippen LogP contribution in [-0.2, 0) is 11.2 Å². The third-order valence-corrected chi connectivity index (χ3v) is 2.50. The SMILES string of the molecule is COCCCc1noc(-c2cccc(F)c2N)n1. The zero-order valence-corrected chi connectivity index (χ0v) is 10.0. The highest BCUT2D eigenvalue weighted by molar-refractivity contribution is 5.70. The van der Waals surface area contributed by atoms with Crippen LogP contribution in [0.5, 0.6) is 0 Å². The highest BCUT2D eigenvalue weighted by Gasteiger charge is 2.13. The second-order valence-electron chi connectivity index (χ2n) is 3.81. The average Bonchev–Trinajstić information content (AvgIpc) is 2.82. The fraction of sp³-hybridized carbons (Fsp3) is 0.333. The zero-order valence-electron chi connectivity index (χ0n) is 10.0. The number of methoxy groups -OCH3 is 1. The quantitative estimate of drug-likeness (QED) is 0.650. The van der Waals surface area contributed by atoms with Gasteiger partial charge in [0.25, 0.3) is 5.89 Å². The minimum atomic E-state index is -0.494. The van der Waals surface area contributed by atoms with Crippen LogP contribution in [0.4, 0.5) is 10.1 Å². The van der Waals surface area contributed by atoms with Gasteiger partial charge in [0.15, 0.2) is 5.82 Å². The molecule has 0 radical (unpaired) electrons. The summed E-state index contributed by atoms with van der Waals surface area (Å²) in [6.07, 6.45) is 1.45. The van der Waals surface area contributed by atoms with Gasteiger partial charge >= 0.3 is 0 Å². The lowest BCUT2D eigenvalue weighted by Crippen LogP contribution is -1.95. The summed E-state index contributed by atoms with van der Waals surface area (Å²) in [7, 11) is 1.63. The van der Waals surface area contributed by atoms with Crippen LogP contribution >= 0.6 is 0 Å². The van der Waals surface area contributed by atoms with Gasteiger partial charge in [0.05, 0.1) is 11.3 Å². The fourth-order valence-electron chi connectivity index (χ4n) is 1.56. The smallest absolute Gasteiger partial charge is 0.260 e. The highest BCUT2D eigenvalue weighted by Crippen LogP contribution is 2.26. The third-order valence-electron chi connectivity index (χ3n) is 2.50. The van der Waals surface area contributed by atoms with Gasteiger partial charge in [0.1, 0.15) is 5.82 Å². The van der Waals surface area contributed by atoms with Crippen molar-refractivity contribution in [2.45, 2.75) is 12.8 Å². The lowest BCUT2D eigenvalue weighted by atomic mass is 10.2. The number of benzene rings is 1. The summed E-state index contributed by atoms with van der Waals surface area (Å²) < 4.78 is 23.3. The molecule has 0 saturated carbocycles. The van der Waals surface area contributed by atoms with E-state index in [0.29, 0.717) is 24.4 Å². The topological polar surface area (TPSA) is 74.2 Å². The maximum atomic E-state index is 13.3. The van der Waals surface area contributed by atoms with Crippen LogP contribution in [0.2, 0.25) is 0 Å². The van der Waals surface area contributed by atoms with Gasteiger partial charge in [-0.1, -0.05) is 11.2 Å². The van der Waals surface area contributed by atoms with E-state index in [1.165, 1.54) is 6.07 Å². The fourth-order valence-corrected chi connectivity index (χ4v) is 1.56. The number of nitrogen functional groups attached to an aromatic ring is 1. The summed E-state index contributed by atoms with van der Waals surface area (Å²) >= 11 is 0. The first-order valence-electron chi connectivity index (χ1n) is 5.58. The molecule has 0 spiro atoms. The van der Waals surface area contributed by atoms with Gasteiger partial charge in [-0.05, 0) is 18.6 Å². The normalized spacial score (nSPS) is 10.8. The Morgan fingerprint density at radius 2 is 2.28 bits per heavy atom. The maximum absolute atomic E-state index is 13.3. The first-order chi connectivity index (χ1) is 8.72. The van der Waals surface area contributed by atoms with E-state index in [9.17, 15) is 4.39 Å². The molecule has 0 amide bonds. The van der Waals surface area contributed by atoms with Gasteiger partial charge in [0, 0.05) is 20.1 Å². The number of ether oxygens (including phenoxy) is 1. The minimum Gasteiger partial charge on any atom is -0.396 e. The summed E-state index contributed by atoms with van der Waals surface area (Å²) in [4.78, 5) is 4.17. The number of aromatic nitrogens is 2. The molecule has 6 heteroatoms. The van der Waals surface area contributed by atoms with Crippen molar-refractivity contribution in [2.24, 2.45) is 0 Å². The first kappa shape index (κ1) is 12.5. The van der Waals surface area contributed by atoms with Crippen molar-refractivity contribution < 1.29 is 13.7 Å². The van der Waals surface area contributed by atoms with Gasteiger partial charge in [0.2, 0.25) is 0 Å². The van der Waals surface area contributed by atoms with Crippen LogP contribution < -0.4 is 5.73 Å². The molecule has 0 bridgehead atoms. The molecule has 1 heterocycles. The van der Waals surface area contributed by atoms with E-state index in [1.807, 2.05) is 0 Å². The van der Waals surface area contributed by atoms with Crippen molar-refractivity contribution in [3.05, 3.63) is 29.8 Å². The van der Waals surface area contributed by atoms with E-state index in [4.69, 9.17) is 15.0 Å². The molecule has 2 N–H and O–H groups in total. The van der Waals surface area contributed by atoms with E-state index in [-0.39, 0.29) is 11.6 Å². The Hall–Kier alpha value is -1.95. The number of aryl methyl sites for hydroxylation is 1.